The lowest BCUT2D eigenvalue weighted by Gasteiger charge is -2.05. The number of thiophene rings is 1. The third-order valence-corrected chi connectivity index (χ3v) is 3.95. The summed E-state index contributed by atoms with van der Waals surface area (Å²) in [5.41, 5.74) is 1.16. The van der Waals surface area contributed by atoms with E-state index in [9.17, 15) is 0 Å². The van der Waals surface area contributed by atoms with E-state index in [-0.39, 0.29) is 12.4 Å². The van der Waals surface area contributed by atoms with Crippen LogP contribution in [-0.4, -0.2) is 7.11 Å². The van der Waals surface area contributed by atoms with Gasteiger partial charge in [0.25, 0.3) is 0 Å². The van der Waals surface area contributed by atoms with Crippen LogP contribution in [0.1, 0.15) is 0 Å². The molecule has 2 aromatic carbocycles. The lowest BCUT2D eigenvalue weighted by molar-refractivity contribution is 0.416. The average Bonchev–Trinajstić information content (AvgIpc) is 2.82. The Morgan fingerprint density at radius 2 is 1.67 bits per heavy atom. The maximum Gasteiger partial charge on any atom is 0.127 e. The Hall–Kier alpha value is -1.51. The summed E-state index contributed by atoms with van der Waals surface area (Å²) < 4.78 is 6.72. The molecule has 0 fully saturated rings. The van der Waals surface area contributed by atoms with Crippen molar-refractivity contribution < 1.29 is 4.74 Å². The van der Waals surface area contributed by atoms with E-state index in [1.54, 1.807) is 18.4 Å². The van der Waals surface area contributed by atoms with Crippen molar-refractivity contribution >= 4 is 33.8 Å². The second-order valence-electron chi connectivity index (χ2n) is 3.85. The van der Waals surface area contributed by atoms with Gasteiger partial charge in [-0.3, -0.25) is 0 Å². The van der Waals surface area contributed by atoms with Gasteiger partial charge in [0, 0.05) is 15.1 Å². The van der Waals surface area contributed by atoms with Crippen molar-refractivity contribution in [3.05, 3.63) is 54.6 Å². The van der Waals surface area contributed by atoms with Crippen LogP contribution in [-0.2, 0) is 0 Å². The molecule has 0 aliphatic rings. The molecule has 0 saturated carbocycles. The Bertz CT molecular complexity index is 627. The summed E-state index contributed by atoms with van der Waals surface area (Å²) in [7, 11) is 1.71. The van der Waals surface area contributed by atoms with Gasteiger partial charge in [-0.2, -0.15) is 0 Å². The second-order valence-corrected chi connectivity index (χ2v) is 4.93. The second kappa shape index (κ2) is 5.42. The fourth-order valence-electron chi connectivity index (χ4n) is 1.96. The average molecular weight is 277 g/mol. The number of para-hydroxylation sites is 1. The minimum Gasteiger partial charge on any atom is -0.496 e. The highest BCUT2D eigenvalue weighted by molar-refractivity contribution is 7.22. The number of rotatable bonds is 2. The topological polar surface area (TPSA) is 9.23 Å². The molecule has 0 atom stereocenters. The lowest BCUT2D eigenvalue weighted by Crippen LogP contribution is -1.84. The van der Waals surface area contributed by atoms with Gasteiger partial charge in [0.05, 0.1) is 7.11 Å². The van der Waals surface area contributed by atoms with Crippen molar-refractivity contribution in [2.45, 2.75) is 0 Å². The number of fused-ring (bicyclic) bond motifs is 1. The molecule has 1 aromatic heterocycles. The number of hydrogen-bond acceptors (Lipinski definition) is 2. The number of halogens is 1. The fraction of sp³-hybridized carbons (Fsp3) is 0.0667. The standard InChI is InChI=1S/C15H12OS.ClH/c1-16-13-8-4-3-7-12(13)15-10-11-6-2-5-9-14(11)17-15;/h2-10H,1H3;1H. The number of ether oxygens (including phenoxy) is 1. The fourth-order valence-corrected chi connectivity index (χ4v) is 3.06. The van der Waals surface area contributed by atoms with Gasteiger partial charge in [0.1, 0.15) is 5.75 Å². The van der Waals surface area contributed by atoms with E-state index in [0.29, 0.717) is 0 Å². The zero-order chi connectivity index (χ0) is 11.7. The van der Waals surface area contributed by atoms with E-state index in [4.69, 9.17) is 4.74 Å². The Morgan fingerprint density at radius 3 is 2.44 bits per heavy atom. The number of benzene rings is 2. The van der Waals surface area contributed by atoms with E-state index in [2.05, 4.69) is 36.4 Å². The van der Waals surface area contributed by atoms with Gasteiger partial charge in [-0.05, 0) is 29.7 Å². The van der Waals surface area contributed by atoms with Crippen LogP contribution in [0.3, 0.4) is 0 Å². The van der Waals surface area contributed by atoms with Crippen molar-refractivity contribution in [3.8, 4) is 16.2 Å². The maximum absolute atomic E-state index is 5.40. The van der Waals surface area contributed by atoms with E-state index in [1.165, 1.54) is 15.0 Å². The smallest absolute Gasteiger partial charge is 0.127 e. The van der Waals surface area contributed by atoms with E-state index in [0.717, 1.165) is 11.3 Å². The summed E-state index contributed by atoms with van der Waals surface area (Å²) in [5.74, 6) is 0.930. The summed E-state index contributed by atoms with van der Waals surface area (Å²) in [6.07, 6.45) is 0. The molecule has 0 bridgehead atoms. The molecule has 0 aliphatic heterocycles. The Labute approximate surface area is 116 Å². The molecular weight excluding hydrogens is 264 g/mol. The van der Waals surface area contributed by atoms with Gasteiger partial charge in [-0.15, -0.1) is 23.7 Å². The molecule has 0 amide bonds. The quantitative estimate of drug-likeness (QED) is 0.640. The predicted octanol–water partition coefficient (Wildman–Crippen LogP) is 5.00. The van der Waals surface area contributed by atoms with Crippen molar-refractivity contribution in [2.75, 3.05) is 7.11 Å². The molecule has 3 rings (SSSR count). The first-order valence-electron chi connectivity index (χ1n) is 5.50. The molecule has 0 spiro atoms. The van der Waals surface area contributed by atoms with Crippen molar-refractivity contribution in [1.82, 2.24) is 0 Å². The molecule has 0 saturated heterocycles. The Kier molecular flexibility index (Phi) is 3.90. The Balaban J connectivity index is 0.00000120. The lowest BCUT2D eigenvalue weighted by atomic mass is 10.1. The Morgan fingerprint density at radius 1 is 0.944 bits per heavy atom. The summed E-state index contributed by atoms with van der Waals surface area (Å²) in [4.78, 5) is 1.25. The van der Waals surface area contributed by atoms with E-state index < -0.39 is 0 Å². The van der Waals surface area contributed by atoms with Gasteiger partial charge in [0.2, 0.25) is 0 Å². The van der Waals surface area contributed by atoms with Crippen LogP contribution < -0.4 is 4.74 Å². The molecule has 92 valence electrons. The van der Waals surface area contributed by atoms with Crippen molar-refractivity contribution in [2.24, 2.45) is 0 Å². The van der Waals surface area contributed by atoms with Gasteiger partial charge >= 0.3 is 0 Å². The summed E-state index contributed by atoms with van der Waals surface area (Å²) in [5, 5.41) is 1.29. The molecule has 0 unspecified atom stereocenters. The minimum atomic E-state index is 0. The zero-order valence-corrected chi connectivity index (χ0v) is 11.6. The van der Waals surface area contributed by atoms with Crippen LogP contribution in [0.5, 0.6) is 5.75 Å². The highest BCUT2D eigenvalue weighted by Gasteiger charge is 2.08. The molecule has 1 heterocycles. The maximum atomic E-state index is 5.40. The largest absolute Gasteiger partial charge is 0.496 e. The number of methoxy groups -OCH3 is 1. The van der Waals surface area contributed by atoms with Gasteiger partial charge in [-0.25, -0.2) is 0 Å². The van der Waals surface area contributed by atoms with Crippen LogP contribution in [0, 0.1) is 0 Å². The summed E-state index contributed by atoms with van der Waals surface area (Å²) in [6.45, 7) is 0. The summed E-state index contributed by atoms with van der Waals surface area (Å²) >= 11 is 1.80. The SMILES string of the molecule is COc1ccccc1-c1cc2ccccc2s1.Cl. The molecule has 0 N–H and O–H groups in total. The van der Waals surface area contributed by atoms with Crippen LogP contribution in [0.4, 0.5) is 0 Å². The van der Waals surface area contributed by atoms with Crippen molar-refractivity contribution in [1.29, 1.82) is 0 Å². The van der Waals surface area contributed by atoms with Crippen molar-refractivity contribution in [3.63, 3.8) is 0 Å². The normalized spacial score (nSPS) is 10.1. The highest BCUT2D eigenvalue weighted by Crippen LogP contribution is 2.37. The van der Waals surface area contributed by atoms with Crippen LogP contribution >= 0.6 is 23.7 Å². The van der Waals surface area contributed by atoms with E-state index in [1.807, 2.05) is 18.2 Å². The number of hydrogen-bond donors (Lipinski definition) is 0. The minimum absolute atomic E-state index is 0. The third kappa shape index (κ3) is 2.22. The zero-order valence-electron chi connectivity index (χ0n) is 9.92. The molecule has 0 aliphatic carbocycles. The first kappa shape index (κ1) is 12.9. The molecule has 1 nitrogen and oxygen atoms in total. The van der Waals surface area contributed by atoms with Crippen LogP contribution in [0.25, 0.3) is 20.5 Å². The molecule has 3 heteroatoms. The van der Waals surface area contributed by atoms with Crippen LogP contribution in [0.15, 0.2) is 54.6 Å². The summed E-state index contributed by atoms with van der Waals surface area (Å²) in [6, 6.07) is 18.8. The van der Waals surface area contributed by atoms with E-state index >= 15 is 0 Å². The monoisotopic (exact) mass is 276 g/mol. The molecule has 3 aromatic rings. The van der Waals surface area contributed by atoms with Gasteiger partial charge < -0.3 is 4.74 Å². The van der Waals surface area contributed by atoms with Crippen LogP contribution in [0.2, 0.25) is 0 Å². The highest BCUT2D eigenvalue weighted by atomic mass is 35.5. The first-order valence-corrected chi connectivity index (χ1v) is 6.32. The molecule has 0 radical (unpaired) electrons. The molecule has 18 heavy (non-hydrogen) atoms. The third-order valence-electron chi connectivity index (χ3n) is 2.80. The predicted molar refractivity (Wildman–Crippen MR) is 81.1 cm³/mol. The van der Waals surface area contributed by atoms with Gasteiger partial charge in [0.15, 0.2) is 0 Å². The first-order chi connectivity index (χ1) is 8.38. The van der Waals surface area contributed by atoms with Gasteiger partial charge in [-0.1, -0.05) is 30.3 Å². The molecular formula is C15H13ClOS.